The van der Waals surface area contributed by atoms with Gasteiger partial charge >= 0.3 is 6.01 Å². The van der Waals surface area contributed by atoms with Gasteiger partial charge in [-0.25, -0.2) is 8.78 Å². The molecule has 33 heavy (non-hydrogen) atoms. The Labute approximate surface area is 189 Å². The van der Waals surface area contributed by atoms with Crippen LogP contribution in [0.3, 0.4) is 0 Å². The maximum absolute atomic E-state index is 14.5. The van der Waals surface area contributed by atoms with Crippen LogP contribution in [-0.2, 0) is 0 Å². The number of hydrogen-bond donors (Lipinski definition) is 2. The van der Waals surface area contributed by atoms with Crippen LogP contribution in [0.25, 0.3) is 0 Å². The van der Waals surface area contributed by atoms with Crippen molar-refractivity contribution in [3.05, 3.63) is 41.6 Å². The normalized spacial score (nSPS) is 16.7. The van der Waals surface area contributed by atoms with E-state index in [1.165, 1.54) is 7.11 Å². The minimum absolute atomic E-state index is 0.102. The lowest BCUT2D eigenvalue weighted by Gasteiger charge is -2.33. The Morgan fingerprint density at radius 3 is 2.42 bits per heavy atom. The van der Waals surface area contributed by atoms with Crippen molar-refractivity contribution in [3.8, 4) is 17.5 Å². The number of benzene rings is 1. The summed E-state index contributed by atoms with van der Waals surface area (Å²) < 4.78 is 39.0. The summed E-state index contributed by atoms with van der Waals surface area (Å²) in [7, 11) is 3.33. The number of piperazine rings is 1. The lowest BCUT2D eigenvalue weighted by Crippen LogP contribution is -2.44. The van der Waals surface area contributed by atoms with Crippen LogP contribution < -0.4 is 19.7 Å². The summed E-state index contributed by atoms with van der Waals surface area (Å²) in [5.41, 5.74) is 1.08. The van der Waals surface area contributed by atoms with E-state index in [-0.39, 0.29) is 17.5 Å². The third kappa shape index (κ3) is 4.82. The average Bonchev–Trinajstić information content (AvgIpc) is 3.55. The third-order valence-corrected chi connectivity index (χ3v) is 5.80. The van der Waals surface area contributed by atoms with Gasteiger partial charge in [-0.15, -0.1) is 0 Å². The van der Waals surface area contributed by atoms with Gasteiger partial charge in [0.15, 0.2) is 29.0 Å². The zero-order chi connectivity index (χ0) is 22.9. The van der Waals surface area contributed by atoms with E-state index in [9.17, 15) is 8.78 Å². The zero-order valence-corrected chi connectivity index (χ0v) is 18.4. The molecule has 5 rings (SSSR count). The van der Waals surface area contributed by atoms with Gasteiger partial charge in [-0.1, -0.05) is 0 Å². The first-order chi connectivity index (χ1) is 16.0. The van der Waals surface area contributed by atoms with Crippen LogP contribution in [0.1, 0.15) is 24.5 Å². The van der Waals surface area contributed by atoms with Crippen molar-refractivity contribution in [2.45, 2.75) is 18.8 Å². The monoisotopic (exact) mass is 457 g/mol. The lowest BCUT2D eigenvalue weighted by molar-refractivity contribution is 0.311. The molecule has 1 aliphatic heterocycles. The summed E-state index contributed by atoms with van der Waals surface area (Å²) in [6.07, 6.45) is 2.31. The Bertz CT molecular complexity index is 1140. The molecule has 3 heterocycles. The molecule has 0 amide bonds. The maximum Gasteiger partial charge on any atom is 0.326 e. The van der Waals surface area contributed by atoms with Crippen LogP contribution in [0.2, 0.25) is 0 Å². The number of nitrogens with zero attached hydrogens (tertiary/aromatic N) is 5. The molecule has 0 bridgehead atoms. The number of methoxy groups -OCH3 is 1. The number of rotatable bonds is 7. The molecule has 0 unspecified atom stereocenters. The smallest absolute Gasteiger partial charge is 0.326 e. The van der Waals surface area contributed by atoms with Crippen molar-refractivity contribution < 1.29 is 18.3 Å². The number of aromatic amines is 1. The number of nitrogens with one attached hydrogen (secondary N) is 2. The molecular formula is C22H25F2N7O2. The molecule has 0 spiro atoms. The molecule has 11 heteroatoms. The van der Waals surface area contributed by atoms with Crippen molar-refractivity contribution in [3.63, 3.8) is 0 Å². The standard InChI is InChI=1S/C22H25F2N7O2/c1-30-5-7-31(8-6-30)21-12-19(25-20-11-16(28-29-20)13-3-4-13)26-22(27-21)33-18-10-14(23)17(32-2)9-15(18)24/h9-13H,3-8H2,1-2H3,(H2,25,26,27,28,29). The fourth-order valence-corrected chi connectivity index (χ4v) is 3.70. The maximum atomic E-state index is 14.5. The number of likely N-dealkylation sites (N-methyl/N-ethyl adjacent to an activating group) is 1. The number of H-pyrrole nitrogens is 1. The quantitative estimate of drug-likeness (QED) is 0.556. The molecule has 1 aromatic carbocycles. The number of anilines is 3. The molecule has 1 saturated heterocycles. The van der Waals surface area contributed by atoms with Crippen molar-refractivity contribution in [2.75, 3.05) is 50.6 Å². The topological polar surface area (TPSA) is 91.4 Å². The minimum atomic E-state index is -0.780. The summed E-state index contributed by atoms with van der Waals surface area (Å²) in [5.74, 6) is 0.160. The first-order valence-corrected chi connectivity index (χ1v) is 10.8. The van der Waals surface area contributed by atoms with Crippen molar-refractivity contribution in [2.24, 2.45) is 0 Å². The van der Waals surface area contributed by atoms with E-state index in [0.717, 1.165) is 56.8 Å². The highest BCUT2D eigenvalue weighted by Gasteiger charge is 2.26. The predicted octanol–water partition coefficient (Wildman–Crippen LogP) is 3.65. The van der Waals surface area contributed by atoms with Crippen molar-refractivity contribution in [1.29, 1.82) is 0 Å². The van der Waals surface area contributed by atoms with Gasteiger partial charge < -0.3 is 24.6 Å². The molecule has 1 saturated carbocycles. The van der Waals surface area contributed by atoms with Gasteiger partial charge in [-0.05, 0) is 19.9 Å². The fourth-order valence-electron chi connectivity index (χ4n) is 3.70. The Hall–Kier alpha value is -3.47. The molecule has 3 aromatic rings. The van der Waals surface area contributed by atoms with Crippen LogP contribution in [0.4, 0.5) is 26.2 Å². The zero-order valence-electron chi connectivity index (χ0n) is 18.4. The number of hydrogen-bond acceptors (Lipinski definition) is 8. The van der Waals surface area contributed by atoms with Gasteiger partial charge in [-0.3, -0.25) is 5.10 Å². The second kappa shape index (κ2) is 8.81. The number of halogens is 2. The summed E-state index contributed by atoms with van der Waals surface area (Å²) in [6, 6.07) is 5.50. The summed E-state index contributed by atoms with van der Waals surface area (Å²) in [4.78, 5) is 13.2. The van der Waals surface area contributed by atoms with E-state index >= 15 is 0 Å². The van der Waals surface area contributed by atoms with Crippen LogP contribution in [-0.4, -0.2) is 65.4 Å². The Morgan fingerprint density at radius 1 is 0.970 bits per heavy atom. The van der Waals surface area contributed by atoms with Crippen molar-refractivity contribution in [1.82, 2.24) is 25.1 Å². The van der Waals surface area contributed by atoms with Gasteiger partial charge in [0.05, 0.1) is 7.11 Å². The van der Waals surface area contributed by atoms with E-state index in [0.29, 0.717) is 23.4 Å². The molecule has 2 fully saturated rings. The second-order valence-corrected chi connectivity index (χ2v) is 8.31. The third-order valence-electron chi connectivity index (χ3n) is 5.80. The van der Waals surface area contributed by atoms with E-state index in [1.807, 2.05) is 6.07 Å². The van der Waals surface area contributed by atoms with Crippen LogP contribution in [0.15, 0.2) is 24.3 Å². The Kier molecular flexibility index (Phi) is 5.71. The molecule has 1 aliphatic carbocycles. The highest BCUT2D eigenvalue weighted by molar-refractivity contribution is 5.58. The SMILES string of the molecule is COc1cc(F)c(Oc2nc(Nc3cc(C4CC4)[nH]n3)cc(N3CCN(C)CC3)n2)cc1F. The van der Waals surface area contributed by atoms with Gasteiger partial charge in [-0.2, -0.15) is 15.1 Å². The first kappa shape index (κ1) is 21.4. The van der Waals surface area contributed by atoms with E-state index in [4.69, 9.17) is 9.47 Å². The predicted molar refractivity (Wildman–Crippen MR) is 119 cm³/mol. The largest absolute Gasteiger partial charge is 0.494 e. The number of aromatic nitrogens is 4. The fraction of sp³-hybridized carbons (Fsp3) is 0.409. The van der Waals surface area contributed by atoms with E-state index in [2.05, 4.69) is 42.3 Å². The molecule has 2 aliphatic rings. The van der Waals surface area contributed by atoms with Crippen LogP contribution in [0, 0.1) is 11.6 Å². The van der Waals surface area contributed by atoms with Crippen molar-refractivity contribution >= 4 is 17.5 Å². The number of ether oxygens (including phenoxy) is 2. The van der Waals surface area contributed by atoms with Crippen LogP contribution in [0.5, 0.6) is 17.5 Å². The average molecular weight is 457 g/mol. The molecule has 9 nitrogen and oxygen atoms in total. The minimum Gasteiger partial charge on any atom is -0.494 e. The van der Waals surface area contributed by atoms with Gasteiger partial charge in [0.1, 0.15) is 11.6 Å². The molecule has 174 valence electrons. The molecule has 2 aromatic heterocycles. The molecular weight excluding hydrogens is 432 g/mol. The molecule has 0 atom stereocenters. The van der Waals surface area contributed by atoms with Crippen LogP contribution >= 0.6 is 0 Å². The highest BCUT2D eigenvalue weighted by atomic mass is 19.1. The molecule has 2 N–H and O–H groups in total. The lowest BCUT2D eigenvalue weighted by atomic mass is 10.3. The van der Waals surface area contributed by atoms with Gasteiger partial charge in [0.25, 0.3) is 0 Å². The summed E-state index contributed by atoms with van der Waals surface area (Å²) in [6.45, 7) is 3.30. The van der Waals surface area contributed by atoms with Gasteiger partial charge in [0.2, 0.25) is 0 Å². The van der Waals surface area contributed by atoms with E-state index < -0.39 is 11.6 Å². The van der Waals surface area contributed by atoms with Gasteiger partial charge in [0, 0.05) is 62.1 Å². The Morgan fingerprint density at radius 2 is 1.70 bits per heavy atom. The van der Waals surface area contributed by atoms with E-state index in [1.54, 1.807) is 6.07 Å². The first-order valence-electron chi connectivity index (χ1n) is 10.8. The molecule has 0 radical (unpaired) electrons. The summed E-state index contributed by atoms with van der Waals surface area (Å²) in [5, 5.41) is 10.5. The second-order valence-electron chi connectivity index (χ2n) is 8.31. The Balaban J connectivity index is 1.44. The summed E-state index contributed by atoms with van der Waals surface area (Å²) >= 11 is 0. The highest BCUT2D eigenvalue weighted by Crippen LogP contribution is 2.39.